The molecule has 0 saturated heterocycles. The van der Waals surface area contributed by atoms with Gasteiger partial charge in [-0.05, 0) is 42.5 Å². The largest absolute Gasteiger partial charge is 0.495 e. The quantitative estimate of drug-likeness (QED) is 0.474. The SMILES string of the molecule is COc1ccccc1NC(=O)Cn1c(=O)n(-c2ccccc2)c(=O)c2cc(Br)ccc21. The smallest absolute Gasteiger partial charge is 0.336 e. The van der Waals surface area contributed by atoms with Gasteiger partial charge in [0.2, 0.25) is 5.91 Å². The van der Waals surface area contributed by atoms with E-state index in [1.54, 1.807) is 72.8 Å². The van der Waals surface area contributed by atoms with Gasteiger partial charge >= 0.3 is 5.69 Å². The summed E-state index contributed by atoms with van der Waals surface area (Å²) in [4.78, 5) is 39.3. The summed E-state index contributed by atoms with van der Waals surface area (Å²) in [5, 5.41) is 3.09. The molecular weight excluding hydrogens is 462 g/mol. The lowest BCUT2D eigenvalue weighted by Crippen LogP contribution is -2.40. The zero-order chi connectivity index (χ0) is 22.0. The number of fused-ring (bicyclic) bond motifs is 1. The number of hydrogen-bond donors (Lipinski definition) is 1. The second kappa shape index (κ2) is 8.61. The van der Waals surface area contributed by atoms with E-state index in [-0.39, 0.29) is 6.54 Å². The Kier molecular flexibility index (Phi) is 5.73. The summed E-state index contributed by atoms with van der Waals surface area (Å²) < 4.78 is 8.32. The van der Waals surface area contributed by atoms with E-state index in [1.165, 1.54) is 11.7 Å². The first-order valence-corrected chi connectivity index (χ1v) is 10.2. The number of rotatable bonds is 5. The lowest BCUT2D eigenvalue weighted by molar-refractivity contribution is -0.116. The lowest BCUT2D eigenvalue weighted by atomic mass is 10.2. The number of ether oxygens (including phenoxy) is 1. The van der Waals surface area contributed by atoms with E-state index in [2.05, 4.69) is 21.2 Å². The number of nitrogens with zero attached hydrogens (tertiary/aromatic N) is 2. The van der Waals surface area contributed by atoms with Crippen LogP contribution in [0.4, 0.5) is 5.69 Å². The summed E-state index contributed by atoms with van der Waals surface area (Å²) in [5.74, 6) is 0.0836. The van der Waals surface area contributed by atoms with Crippen molar-refractivity contribution in [2.24, 2.45) is 0 Å². The highest BCUT2D eigenvalue weighted by molar-refractivity contribution is 9.10. The van der Waals surface area contributed by atoms with Crippen molar-refractivity contribution in [3.63, 3.8) is 0 Å². The Morgan fingerprint density at radius 2 is 1.71 bits per heavy atom. The van der Waals surface area contributed by atoms with E-state index < -0.39 is 17.2 Å². The molecule has 1 N–H and O–H groups in total. The van der Waals surface area contributed by atoms with Crippen molar-refractivity contribution < 1.29 is 9.53 Å². The van der Waals surface area contributed by atoms with Gasteiger partial charge < -0.3 is 10.1 Å². The van der Waals surface area contributed by atoms with Crippen molar-refractivity contribution in [3.05, 3.63) is 98.1 Å². The molecule has 1 amide bonds. The van der Waals surface area contributed by atoms with Gasteiger partial charge in [-0.1, -0.05) is 46.3 Å². The number of hydrogen-bond acceptors (Lipinski definition) is 4. The Balaban J connectivity index is 1.84. The van der Waals surface area contributed by atoms with Gasteiger partial charge in [-0.2, -0.15) is 0 Å². The van der Waals surface area contributed by atoms with Gasteiger partial charge in [-0.3, -0.25) is 14.2 Å². The van der Waals surface area contributed by atoms with Gasteiger partial charge in [0.15, 0.2) is 0 Å². The zero-order valence-electron chi connectivity index (χ0n) is 16.5. The average Bonchev–Trinajstić information content (AvgIpc) is 2.78. The third-order valence-electron chi connectivity index (χ3n) is 4.80. The molecular formula is C23H18BrN3O4. The minimum Gasteiger partial charge on any atom is -0.495 e. The molecule has 156 valence electrons. The molecule has 0 atom stereocenters. The predicted molar refractivity (Wildman–Crippen MR) is 123 cm³/mol. The second-order valence-corrected chi connectivity index (χ2v) is 7.67. The van der Waals surface area contributed by atoms with Crippen molar-refractivity contribution in [3.8, 4) is 11.4 Å². The van der Waals surface area contributed by atoms with Crippen LogP contribution in [0.25, 0.3) is 16.6 Å². The van der Waals surface area contributed by atoms with Gasteiger partial charge in [-0.25, -0.2) is 9.36 Å². The van der Waals surface area contributed by atoms with Crippen LogP contribution in [-0.2, 0) is 11.3 Å². The fourth-order valence-electron chi connectivity index (χ4n) is 3.38. The summed E-state index contributed by atoms with van der Waals surface area (Å²) in [6, 6.07) is 20.6. The number of anilines is 1. The molecule has 1 heterocycles. The molecule has 0 saturated carbocycles. The van der Waals surface area contributed by atoms with Gasteiger partial charge in [0, 0.05) is 4.47 Å². The van der Waals surface area contributed by atoms with Gasteiger partial charge in [-0.15, -0.1) is 0 Å². The number of amides is 1. The first-order valence-electron chi connectivity index (χ1n) is 9.43. The van der Waals surface area contributed by atoms with Crippen molar-refractivity contribution in [1.29, 1.82) is 0 Å². The molecule has 3 aromatic carbocycles. The second-order valence-electron chi connectivity index (χ2n) is 6.75. The number of aromatic nitrogens is 2. The van der Waals surface area contributed by atoms with Crippen LogP contribution in [0.15, 0.2) is 86.9 Å². The fraction of sp³-hybridized carbons (Fsp3) is 0.0870. The van der Waals surface area contributed by atoms with Crippen LogP contribution in [-0.4, -0.2) is 22.2 Å². The number of carbonyl (C=O) groups is 1. The summed E-state index contributed by atoms with van der Waals surface area (Å²) in [6.07, 6.45) is 0. The summed E-state index contributed by atoms with van der Waals surface area (Å²) in [6.45, 7) is -0.276. The molecule has 0 spiro atoms. The van der Waals surface area contributed by atoms with E-state index >= 15 is 0 Å². The molecule has 0 unspecified atom stereocenters. The number of methoxy groups -OCH3 is 1. The summed E-state index contributed by atoms with van der Waals surface area (Å²) in [7, 11) is 1.51. The third kappa shape index (κ3) is 4.02. The Morgan fingerprint density at radius 1 is 1.00 bits per heavy atom. The minimum atomic E-state index is -0.596. The first-order chi connectivity index (χ1) is 15.0. The number of nitrogens with one attached hydrogen (secondary N) is 1. The maximum absolute atomic E-state index is 13.3. The molecule has 0 fully saturated rings. The lowest BCUT2D eigenvalue weighted by Gasteiger charge is -2.15. The Hall–Kier alpha value is -3.65. The zero-order valence-corrected chi connectivity index (χ0v) is 18.1. The van der Waals surface area contributed by atoms with E-state index in [1.807, 2.05) is 0 Å². The molecule has 8 heteroatoms. The minimum absolute atomic E-state index is 0.276. The molecule has 1 aromatic heterocycles. The van der Waals surface area contributed by atoms with Crippen molar-refractivity contribution in [1.82, 2.24) is 9.13 Å². The van der Waals surface area contributed by atoms with Gasteiger partial charge in [0.05, 0.1) is 29.4 Å². The van der Waals surface area contributed by atoms with Gasteiger partial charge in [0.25, 0.3) is 5.56 Å². The normalized spacial score (nSPS) is 10.8. The maximum atomic E-state index is 13.3. The van der Waals surface area contributed by atoms with Crippen LogP contribution in [0, 0.1) is 0 Å². The van der Waals surface area contributed by atoms with Crippen LogP contribution in [0.5, 0.6) is 5.75 Å². The number of carbonyl (C=O) groups excluding carboxylic acids is 1. The number of halogens is 1. The number of benzene rings is 3. The van der Waals surface area contributed by atoms with Crippen LogP contribution >= 0.6 is 15.9 Å². The van der Waals surface area contributed by atoms with Crippen LogP contribution in [0.3, 0.4) is 0 Å². The number of para-hydroxylation sites is 3. The van der Waals surface area contributed by atoms with E-state index in [9.17, 15) is 14.4 Å². The Morgan fingerprint density at radius 3 is 2.45 bits per heavy atom. The average molecular weight is 480 g/mol. The van der Waals surface area contributed by atoms with E-state index in [0.29, 0.717) is 32.5 Å². The monoisotopic (exact) mass is 479 g/mol. The fourth-order valence-corrected chi connectivity index (χ4v) is 3.75. The van der Waals surface area contributed by atoms with Gasteiger partial charge in [0.1, 0.15) is 12.3 Å². The molecule has 4 rings (SSSR count). The van der Waals surface area contributed by atoms with E-state index in [0.717, 1.165) is 4.57 Å². The molecule has 7 nitrogen and oxygen atoms in total. The first kappa shape index (κ1) is 20.6. The molecule has 0 aliphatic rings. The van der Waals surface area contributed by atoms with E-state index in [4.69, 9.17) is 4.74 Å². The predicted octanol–water partition coefficient (Wildman–Crippen LogP) is 3.56. The van der Waals surface area contributed by atoms with Crippen molar-refractivity contribution >= 4 is 38.4 Å². The highest BCUT2D eigenvalue weighted by Crippen LogP contribution is 2.23. The maximum Gasteiger partial charge on any atom is 0.336 e. The van der Waals surface area contributed by atoms with Crippen LogP contribution in [0.1, 0.15) is 0 Å². The van der Waals surface area contributed by atoms with Crippen molar-refractivity contribution in [2.45, 2.75) is 6.54 Å². The molecule has 0 radical (unpaired) electrons. The molecule has 31 heavy (non-hydrogen) atoms. The molecule has 0 aliphatic carbocycles. The summed E-state index contributed by atoms with van der Waals surface area (Å²) in [5.41, 5.74) is 0.250. The Bertz CT molecular complexity index is 1390. The third-order valence-corrected chi connectivity index (χ3v) is 5.30. The molecule has 0 bridgehead atoms. The highest BCUT2D eigenvalue weighted by atomic mass is 79.9. The van der Waals surface area contributed by atoms with Crippen LogP contribution < -0.4 is 21.3 Å². The highest BCUT2D eigenvalue weighted by Gasteiger charge is 2.17. The van der Waals surface area contributed by atoms with Crippen molar-refractivity contribution in [2.75, 3.05) is 12.4 Å². The van der Waals surface area contributed by atoms with Crippen LogP contribution in [0.2, 0.25) is 0 Å². The standard InChI is InChI=1S/C23H18BrN3O4/c1-31-20-10-6-5-9-18(20)25-21(28)14-26-19-12-11-15(24)13-17(19)22(29)27(23(26)30)16-7-3-2-4-8-16/h2-13H,14H2,1H3,(H,25,28). The topological polar surface area (TPSA) is 82.3 Å². The molecule has 4 aromatic rings. The molecule has 0 aliphatic heterocycles. The summed E-state index contributed by atoms with van der Waals surface area (Å²) >= 11 is 3.37. The Labute approximate surface area is 185 Å².